The van der Waals surface area contributed by atoms with Crippen LogP contribution in [0.5, 0.6) is 5.75 Å². The van der Waals surface area contributed by atoms with Crippen molar-refractivity contribution >= 4 is 43.9 Å². The van der Waals surface area contributed by atoms with E-state index >= 15 is 0 Å². The Kier molecular flexibility index (Phi) is 3.80. The Morgan fingerprint density at radius 1 is 1.26 bits per heavy atom. The Hall–Kier alpha value is -2.97. The summed E-state index contributed by atoms with van der Waals surface area (Å²) in [5.74, 6) is 1.46. The minimum Gasteiger partial charge on any atom is -0.497 e. The predicted octanol–water partition coefficient (Wildman–Crippen LogP) is 4.12. The molecule has 0 saturated carbocycles. The second-order valence-corrected chi connectivity index (χ2v) is 7.86. The van der Waals surface area contributed by atoms with Crippen LogP contribution in [0.2, 0.25) is 0 Å². The number of imidazole rings is 1. The zero-order valence-electron chi connectivity index (χ0n) is 14.3. The summed E-state index contributed by atoms with van der Waals surface area (Å²) in [6, 6.07) is 9.66. The standard InChI is InChI=1S/C19H14N4O2S2/c1-25-11-4-5-13-14(7-11)22-16(21-13)8-23-10-20-18-17(19(23)24)12(9-27-18)15-3-2-6-26-15/h2-7,9-10H,8H2,1H3,(H,21,22). The molecule has 6 nitrogen and oxygen atoms in total. The third-order valence-corrected chi connectivity index (χ3v) is 6.20. The number of hydrogen-bond acceptors (Lipinski definition) is 6. The first-order chi connectivity index (χ1) is 13.2. The molecule has 0 atom stereocenters. The molecule has 5 aromatic rings. The Morgan fingerprint density at radius 2 is 2.19 bits per heavy atom. The summed E-state index contributed by atoms with van der Waals surface area (Å²) in [6.45, 7) is 0.332. The van der Waals surface area contributed by atoms with Crippen molar-refractivity contribution in [3.8, 4) is 16.2 Å². The van der Waals surface area contributed by atoms with Crippen molar-refractivity contribution in [1.82, 2.24) is 19.5 Å². The molecule has 1 aromatic carbocycles. The maximum atomic E-state index is 13.1. The number of nitrogens with zero attached hydrogens (tertiary/aromatic N) is 3. The predicted molar refractivity (Wildman–Crippen MR) is 109 cm³/mol. The molecule has 4 heterocycles. The molecular formula is C19H14N4O2S2. The van der Waals surface area contributed by atoms with Gasteiger partial charge in [-0.1, -0.05) is 6.07 Å². The van der Waals surface area contributed by atoms with Crippen molar-refractivity contribution < 1.29 is 4.74 Å². The SMILES string of the molecule is COc1ccc2nc(Cn3cnc4scc(-c5cccs5)c4c3=O)[nH]c2c1. The van der Waals surface area contributed by atoms with Gasteiger partial charge in [-0.25, -0.2) is 9.97 Å². The molecule has 8 heteroatoms. The summed E-state index contributed by atoms with van der Waals surface area (Å²) >= 11 is 3.11. The maximum Gasteiger partial charge on any atom is 0.263 e. The Labute approximate surface area is 161 Å². The van der Waals surface area contributed by atoms with Crippen molar-refractivity contribution in [2.45, 2.75) is 6.54 Å². The van der Waals surface area contributed by atoms with Crippen LogP contribution in [-0.2, 0) is 6.54 Å². The Morgan fingerprint density at radius 3 is 3.00 bits per heavy atom. The van der Waals surface area contributed by atoms with Crippen molar-refractivity contribution in [2.75, 3.05) is 7.11 Å². The fourth-order valence-corrected chi connectivity index (χ4v) is 4.82. The van der Waals surface area contributed by atoms with Gasteiger partial charge in [0.1, 0.15) is 16.4 Å². The van der Waals surface area contributed by atoms with Gasteiger partial charge in [-0.05, 0) is 23.6 Å². The highest BCUT2D eigenvalue weighted by Gasteiger charge is 2.15. The highest BCUT2D eigenvalue weighted by molar-refractivity contribution is 7.18. The van der Waals surface area contributed by atoms with E-state index in [1.54, 1.807) is 29.3 Å². The average molecular weight is 394 g/mol. The van der Waals surface area contributed by atoms with E-state index in [1.165, 1.54) is 11.3 Å². The van der Waals surface area contributed by atoms with Crippen LogP contribution < -0.4 is 10.3 Å². The number of fused-ring (bicyclic) bond motifs is 2. The van der Waals surface area contributed by atoms with E-state index in [9.17, 15) is 4.79 Å². The Bertz CT molecular complexity index is 1320. The summed E-state index contributed by atoms with van der Waals surface area (Å²) < 4.78 is 6.84. The van der Waals surface area contributed by atoms with Crippen LogP contribution in [-0.4, -0.2) is 26.6 Å². The van der Waals surface area contributed by atoms with Crippen LogP contribution in [0.4, 0.5) is 0 Å². The number of rotatable bonds is 4. The second kappa shape index (κ2) is 6.33. The van der Waals surface area contributed by atoms with E-state index in [4.69, 9.17) is 4.74 Å². The van der Waals surface area contributed by atoms with Gasteiger partial charge in [0, 0.05) is 21.9 Å². The number of aromatic amines is 1. The van der Waals surface area contributed by atoms with Gasteiger partial charge in [-0.15, -0.1) is 22.7 Å². The molecule has 0 amide bonds. The molecule has 0 unspecified atom stereocenters. The molecule has 4 aromatic heterocycles. The zero-order chi connectivity index (χ0) is 18.4. The first-order valence-corrected chi connectivity index (χ1v) is 10.0. The zero-order valence-corrected chi connectivity index (χ0v) is 15.9. The van der Waals surface area contributed by atoms with Gasteiger partial charge in [0.15, 0.2) is 0 Å². The van der Waals surface area contributed by atoms with E-state index < -0.39 is 0 Å². The van der Waals surface area contributed by atoms with Crippen LogP contribution in [0.25, 0.3) is 31.7 Å². The second-order valence-electron chi connectivity index (χ2n) is 6.05. The summed E-state index contributed by atoms with van der Waals surface area (Å²) in [6.07, 6.45) is 1.59. The quantitative estimate of drug-likeness (QED) is 0.498. The van der Waals surface area contributed by atoms with Crippen molar-refractivity contribution in [3.63, 3.8) is 0 Å². The highest BCUT2D eigenvalue weighted by Crippen LogP contribution is 2.33. The number of thiophene rings is 2. The number of ether oxygens (including phenoxy) is 1. The van der Waals surface area contributed by atoms with Gasteiger partial charge in [0.05, 0.1) is 36.4 Å². The van der Waals surface area contributed by atoms with E-state index in [0.29, 0.717) is 17.8 Å². The highest BCUT2D eigenvalue weighted by atomic mass is 32.1. The lowest BCUT2D eigenvalue weighted by molar-refractivity contribution is 0.415. The molecule has 27 heavy (non-hydrogen) atoms. The molecule has 1 N–H and O–H groups in total. The first-order valence-electron chi connectivity index (χ1n) is 8.26. The molecule has 0 radical (unpaired) electrons. The minimum absolute atomic E-state index is 0.0531. The summed E-state index contributed by atoms with van der Waals surface area (Å²) in [4.78, 5) is 27.2. The monoisotopic (exact) mass is 394 g/mol. The smallest absolute Gasteiger partial charge is 0.263 e. The van der Waals surface area contributed by atoms with Gasteiger partial charge in [0.25, 0.3) is 5.56 Å². The number of methoxy groups -OCH3 is 1. The lowest BCUT2D eigenvalue weighted by atomic mass is 10.2. The van der Waals surface area contributed by atoms with E-state index in [2.05, 4.69) is 15.0 Å². The minimum atomic E-state index is -0.0531. The summed E-state index contributed by atoms with van der Waals surface area (Å²) in [5, 5.41) is 4.68. The van der Waals surface area contributed by atoms with Crippen LogP contribution in [0.1, 0.15) is 5.82 Å². The van der Waals surface area contributed by atoms with Gasteiger partial charge < -0.3 is 9.72 Å². The Balaban J connectivity index is 1.58. The van der Waals surface area contributed by atoms with Crippen LogP contribution in [0.3, 0.4) is 0 Å². The van der Waals surface area contributed by atoms with E-state index in [0.717, 1.165) is 32.1 Å². The largest absolute Gasteiger partial charge is 0.497 e. The molecule has 0 aliphatic rings. The number of H-pyrrole nitrogens is 1. The number of benzene rings is 1. The topological polar surface area (TPSA) is 72.8 Å². The van der Waals surface area contributed by atoms with Crippen molar-refractivity contribution in [3.05, 3.63) is 63.6 Å². The van der Waals surface area contributed by atoms with Crippen molar-refractivity contribution in [2.24, 2.45) is 0 Å². The maximum absolute atomic E-state index is 13.1. The third-order valence-electron chi connectivity index (χ3n) is 4.41. The number of aromatic nitrogens is 4. The van der Waals surface area contributed by atoms with Crippen LogP contribution in [0, 0.1) is 0 Å². The third kappa shape index (κ3) is 2.73. The molecule has 0 bridgehead atoms. The molecule has 0 saturated heterocycles. The molecule has 5 rings (SSSR count). The van der Waals surface area contributed by atoms with Gasteiger partial charge >= 0.3 is 0 Å². The average Bonchev–Trinajstić information content (AvgIpc) is 3.41. The molecule has 0 fully saturated rings. The lowest BCUT2D eigenvalue weighted by Gasteiger charge is -2.03. The van der Waals surface area contributed by atoms with Gasteiger partial charge in [-0.3, -0.25) is 9.36 Å². The van der Waals surface area contributed by atoms with Gasteiger partial charge in [-0.2, -0.15) is 0 Å². The molecule has 0 aliphatic carbocycles. The summed E-state index contributed by atoms with van der Waals surface area (Å²) in [5.41, 5.74) is 2.61. The van der Waals surface area contributed by atoms with E-state index in [-0.39, 0.29) is 5.56 Å². The van der Waals surface area contributed by atoms with Gasteiger partial charge in [0.2, 0.25) is 0 Å². The number of hydrogen-bond donors (Lipinski definition) is 1. The normalized spacial score (nSPS) is 11.4. The first kappa shape index (κ1) is 16.2. The van der Waals surface area contributed by atoms with Crippen LogP contribution in [0.15, 0.2) is 52.2 Å². The molecule has 0 spiro atoms. The van der Waals surface area contributed by atoms with Crippen LogP contribution >= 0.6 is 22.7 Å². The van der Waals surface area contributed by atoms with E-state index in [1.807, 2.05) is 41.1 Å². The number of nitrogens with one attached hydrogen (secondary N) is 1. The fourth-order valence-electron chi connectivity index (χ4n) is 3.10. The van der Waals surface area contributed by atoms with Crippen molar-refractivity contribution in [1.29, 1.82) is 0 Å². The molecule has 0 aliphatic heterocycles. The fraction of sp³-hybridized carbons (Fsp3) is 0.105. The summed E-state index contributed by atoms with van der Waals surface area (Å²) in [7, 11) is 1.63. The lowest BCUT2D eigenvalue weighted by Crippen LogP contribution is -2.21. The molecular weight excluding hydrogens is 380 g/mol. The molecule has 134 valence electrons.